The van der Waals surface area contributed by atoms with Crippen molar-refractivity contribution in [2.45, 2.75) is 33.2 Å². The van der Waals surface area contributed by atoms with Gasteiger partial charge in [0, 0.05) is 12.6 Å². The normalized spacial score (nSPS) is 12.1. The highest BCUT2D eigenvalue weighted by molar-refractivity contribution is 5.61. The van der Waals surface area contributed by atoms with E-state index in [0.29, 0.717) is 17.4 Å². The number of hydrogen-bond acceptors (Lipinski definition) is 2. The Kier molecular flexibility index (Phi) is 5.34. The van der Waals surface area contributed by atoms with Crippen LogP contribution in [0.25, 0.3) is 17.4 Å². The predicted octanol–water partition coefficient (Wildman–Crippen LogP) is 4.88. The molecule has 0 aliphatic heterocycles. The van der Waals surface area contributed by atoms with E-state index in [2.05, 4.69) is 26.1 Å². The van der Waals surface area contributed by atoms with Gasteiger partial charge >= 0.3 is 0 Å². The predicted molar refractivity (Wildman–Crippen MR) is 85.5 cm³/mol. The summed E-state index contributed by atoms with van der Waals surface area (Å²) in [6.45, 7) is 7.20. The van der Waals surface area contributed by atoms with Crippen LogP contribution in [0.4, 0.5) is 4.39 Å². The van der Waals surface area contributed by atoms with Gasteiger partial charge in [0.05, 0.1) is 5.56 Å². The molecule has 112 valence electrons. The van der Waals surface area contributed by atoms with Crippen LogP contribution >= 0.6 is 0 Å². The second kappa shape index (κ2) is 7.23. The Morgan fingerprint density at radius 2 is 2.00 bits per heavy atom. The van der Waals surface area contributed by atoms with Gasteiger partial charge in [0.2, 0.25) is 0 Å². The van der Waals surface area contributed by atoms with Crippen molar-refractivity contribution in [2.75, 3.05) is 6.54 Å². The SMILES string of the molecule is CCC(=Cc1ccc(-c2ccccc2F)o1)CNC(C)C. The van der Waals surface area contributed by atoms with Crippen LogP contribution in [0.15, 0.2) is 46.4 Å². The van der Waals surface area contributed by atoms with Crippen molar-refractivity contribution in [3.63, 3.8) is 0 Å². The van der Waals surface area contributed by atoms with E-state index in [1.807, 2.05) is 18.2 Å². The maximum atomic E-state index is 13.7. The summed E-state index contributed by atoms with van der Waals surface area (Å²) in [5.74, 6) is 1.06. The number of nitrogens with one attached hydrogen (secondary N) is 1. The number of furan rings is 1. The van der Waals surface area contributed by atoms with E-state index in [1.54, 1.807) is 18.2 Å². The highest BCUT2D eigenvalue weighted by atomic mass is 19.1. The molecule has 1 heterocycles. The van der Waals surface area contributed by atoms with Crippen LogP contribution in [0, 0.1) is 5.82 Å². The Morgan fingerprint density at radius 1 is 1.24 bits per heavy atom. The van der Waals surface area contributed by atoms with E-state index in [4.69, 9.17) is 4.42 Å². The average Bonchev–Trinajstić information content (AvgIpc) is 2.92. The van der Waals surface area contributed by atoms with E-state index in [0.717, 1.165) is 18.7 Å². The molecule has 0 unspecified atom stereocenters. The minimum Gasteiger partial charge on any atom is -0.457 e. The molecule has 0 bridgehead atoms. The van der Waals surface area contributed by atoms with E-state index in [9.17, 15) is 4.39 Å². The summed E-state index contributed by atoms with van der Waals surface area (Å²) < 4.78 is 19.5. The van der Waals surface area contributed by atoms with Gasteiger partial charge in [-0.3, -0.25) is 0 Å². The van der Waals surface area contributed by atoms with Crippen LogP contribution in [-0.2, 0) is 0 Å². The Hall–Kier alpha value is -1.87. The van der Waals surface area contributed by atoms with Crippen LogP contribution in [-0.4, -0.2) is 12.6 Å². The van der Waals surface area contributed by atoms with Crippen LogP contribution in [0.1, 0.15) is 33.0 Å². The highest BCUT2D eigenvalue weighted by Crippen LogP contribution is 2.25. The Morgan fingerprint density at radius 3 is 2.67 bits per heavy atom. The molecule has 0 spiro atoms. The van der Waals surface area contributed by atoms with Crippen LogP contribution < -0.4 is 5.32 Å². The quantitative estimate of drug-likeness (QED) is 0.819. The van der Waals surface area contributed by atoms with Gasteiger partial charge in [0.25, 0.3) is 0 Å². The molecule has 1 N–H and O–H groups in total. The van der Waals surface area contributed by atoms with Gasteiger partial charge in [0.1, 0.15) is 17.3 Å². The van der Waals surface area contributed by atoms with Crippen molar-refractivity contribution < 1.29 is 8.81 Å². The van der Waals surface area contributed by atoms with Crippen LogP contribution in [0.2, 0.25) is 0 Å². The van der Waals surface area contributed by atoms with Gasteiger partial charge in [-0.1, -0.05) is 38.5 Å². The van der Waals surface area contributed by atoms with Gasteiger partial charge in [-0.05, 0) is 36.8 Å². The van der Waals surface area contributed by atoms with Crippen molar-refractivity contribution >= 4 is 6.08 Å². The Labute approximate surface area is 125 Å². The largest absolute Gasteiger partial charge is 0.457 e. The first-order valence-corrected chi connectivity index (χ1v) is 7.37. The monoisotopic (exact) mass is 287 g/mol. The fourth-order valence-electron chi connectivity index (χ4n) is 2.05. The summed E-state index contributed by atoms with van der Waals surface area (Å²) in [5.41, 5.74) is 1.76. The average molecular weight is 287 g/mol. The zero-order chi connectivity index (χ0) is 15.2. The lowest BCUT2D eigenvalue weighted by atomic mass is 10.1. The molecule has 0 amide bonds. The van der Waals surface area contributed by atoms with E-state index < -0.39 is 0 Å². The second-order valence-electron chi connectivity index (χ2n) is 5.37. The minimum absolute atomic E-state index is 0.264. The number of halogens is 1. The molecule has 0 fully saturated rings. The fourth-order valence-corrected chi connectivity index (χ4v) is 2.05. The molecule has 0 atom stereocenters. The third kappa shape index (κ3) is 4.30. The van der Waals surface area contributed by atoms with Crippen LogP contribution in [0.5, 0.6) is 0 Å². The molecule has 3 heteroatoms. The number of rotatable bonds is 6. The zero-order valence-electron chi connectivity index (χ0n) is 12.8. The van der Waals surface area contributed by atoms with E-state index in [-0.39, 0.29) is 5.82 Å². The highest BCUT2D eigenvalue weighted by Gasteiger charge is 2.08. The summed E-state index contributed by atoms with van der Waals surface area (Å²) in [6.07, 6.45) is 2.98. The first-order chi connectivity index (χ1) is 10.1. The molecule has 0 radical (unpaired) electrons. The molecular weight excluding hydrogens is 265 g/mol. The van der Waals surface area contributed by atoms with E-state index in [1.165, 1.54) is 11.6 Å². The summed E-state index contributed by atoms with van der Waals surface area (Å²) in [5, 5.41) is 3.39. The summed E-state index contributed by atoms with van der Waals surface area (Å²) in [7, 11) is 0. The lowest BCUT2D eigenvalue weighted by molar-refractivity contribution is 0.559. The molecule has 1 aromatic carbocycles. The molecule has 0 aliphatic rings. The maximum absolute atomic E-state index is 13.7. The molecule has 21 heavy (non-hydrogen) atoms. The fraction of sp³-hybridized carbons (Fsp3) is 0.333. The minimum atomic E-state index is -0.264. The molecule has 0 aliphatic carbocycles. The molecule has 2 nitrogen and oxygen atoms in total. The Bertz CT molecular complexity index is 613. The Balaban J connectivity index is 2.17. The maximum Gasteiger partial charge on any atom is 0.137 e. The third-order valence-corrected chi connectivity index (χ3v) is 3.30. The number of benzene rings is 1. The lowest BCUT2D eigenvalue weighted by Crippen LogP contribution is -2.24. The first kappa shape index (κ1) is 15.5. The topological polar surface area (TPSA) is 25.2 Å². The van der Waals surface area contributed by atoms with Gasteiger partial charge < -0.3 is 9.73 Å². The molecule has 2 aromatic rings. The smallest absolute Gasteiger partial charge is 0.137 e. The molecule has 1 aromatic heterocycles. The van der Waals surface area contributed by atoms with Gasteiger partial charge in [-0.2, -0.15) is 0 Å². The zero-order valence-corrected chi connectivity index (χ0v) is 12.8. The van der Waals surface area contributed by atoms with Gasteiger partial charge in [0.15, 0.2) is 0 Å². The van der Waals surface area contributed by atoms with Crippen molar-refractivity contribution in [1.82, 2.24) is 5.32 Å². The van der Waals surface area contributed by atoms with Crippen molar-refractivity contribution in [2.24, 2.45) is 0 Å². The molecule has 0 saturated heterocycles. The first-order valence-electron chi connectivity index (χ1n) is 7.37. The van der Waals surface area contributed by atoms with Crippen LogP contribution in [0.3, 0.4) is 0 Å². The summed E-state index contributed by atoms with van der Waals surface area (Å²) in [4.78, 5) is 0. The van der Waals surface area contributed by atoms with Gasteiger partial charge in [-0.25, -0.2) is 4.39 Å². The van der Waals surface area contributed by atoms with Crippen molar-refractivity contribution in [1.29, 1.82) is 0 Å². The van der Waals surface area contributed by atoms with Crippen molar-refractivity contribution in [3.8, 4) is 11.3 Å². The molecule has 0 saturated carbocycles. The number of hydrogen-bond donors (Lipinski definition) is 1. The molecular formula is C18H22FNO. The van der Waals surface area contributed by atoms with Gasteiger partial charge in [-0.15, -0.1) is 0 Å². The third-order valence-electron chi connectivity index (χ3n) is 3.30. The molecule has 2 rings (SSSR count). The van der Waals surface area contributed by atoms with E-state index >= 15 is 0 Å². The van der Waals surface area contributed by atoms with Crippen molar-refractivity contribution in [3.05, 3.63) is 53.5 Å². The lowest BCUT2D eigenvalue weighted by Gasteiger charge is -2.09. The summed E-state index contributed by atoms with van der Waals surface area (Å²) in [6, 6.07) is 10.8. The second-order valence-corrected chi connectivity index (χ2v) is 5.37. The standard InChI is InChI=1S/C18H22FNO/c1-4-14(12-20-13(2)3)11-15-9-10-18(21-15)16-7-5-6-8-17(16)19/h5-11,13,20H,4,12H2,1-3H3. The summed E-state index contributed by atoms with van der Waals surface area (Å²) >= 11 is 0.